The van der Waals surface area contributed by atoms with Crippen molar-refractivity contribution in [2.75, 3.05) is 13.6 Å². The van der Waals surface area contributed by atoms with Crippen LogP contribution in [0.25, 0.3) is 0 Å². The van der Waals surface area contributed by atoms with Crippen molar-refractivity contribution < 1.29 is 0 Å². The lowest BCUT2D eigenvalue weighted by Crippen LogP contribution is -2.46. The molecule has 1 aliphatic rings. The third-order valence-electron chi connectivity index (χ3n) is 4.23. The highest BCUT2D eigenvalue weighted by Gasteiger charge is 2.24. The van der Waals surface area contributed by atoms with Crippen LogP contribution in [0.15, 0.2) is 12.1 Å². The highest BCUT2D eigenvalue weighted by atomic mass is 35.5. The van der Waals surface area contributed by atoms with Gasteiger partial charge < -0.3 is 10.2 Å². The van der Waals surface area contributed by atoms with Crippen molar-refractivity contribution in [3.05, 3.63) is 32.8 Å². The average Bonchev–Trinajstić information content (AvgIpc) is 2.40. The van der Waals surface area contributed by atoms with E-state index in [0.29, 0.717) is 27.2 Å². The number of likely N-dealkylation sites (tertiary alicyclic amines) is 1. The summed E-state index contributed by atoms with van der Waals surface area (Å²) in [4.78, 5) is 2.40. The minimum absolute atomic E-state index is 0.165. The molecule has 0 spiro atoms. The second-order valence-corrected chi connectivity index (χ2v) is 6.87. The number of hydrogen-bond donors (Lipinski definition) is 1. The lowest BCUT2D eigenvalue weighted by molar-refractivity contribution is 0.163. The van der Waals surface area contributed by atoms with Crippen LogP contribution in [0.4, 0.5) is 0 Å². The average molecular weight is 336 g/mol. The third kappa shape index (κ3) is 3.61. The van der Waals surface area contributed by atoms with Crippen molar-refractivity contribution in [2.24, 2.45) is 0 Å². The molecule has 1 aromatic carbocycles. The van der Waals surface area contributed by atoms with E-state index < -0.39 is 0 Å². The van der Waals surface area contributed by atoms with E-state index in [-0.39, 0.29) is 6.04 Å². The Morgan fingerprint density at radius 2 is 1.95 bits per heavy atom. The molecule has 5 heteroatoms. The van der Waals surface area contributed by atoms with E-state index in [4.69, 9.17) is 34.8 Å². The van der Waals surface area contributed by atoms with Crippen molar-refractivity contribution >= 4 is 34.8 Å². The van der Waals surface area contributed by atoms with Gasteiger partial charge in [-0.2, -0.15) is 0 Å². The number of benzene rings is 1. The van der Waals surface area contributed by atoms with Gasteiger partial charge >= 0.3 is 0 Å². The summed E-state index contributed by atoms with van der Waals surface area (Å²) in [5, 5.41) is 5.16. The summed E-state index contributed by atoms with van der Waals surface area (Å²) in [6, 6.07) is 5.05. The van der Waals surface area contributed by atoms with Crippen LogP contribution >= 0.6 is 34.8 Å². The van der Waals surface area contributed by atoms with E-state index >= 15 is 0 Å². The number of hydrogen-bond acceptors (Lipinski definition) is 2. The standard InChI is InChI=1S/C15H21Cl3N2/c1-9-8-11(6-7-20(9)3)19-10(2)12-4-5-13(16)15(18)14(12)17/h4-5,9-11,19H,6-8H2,1-3H3. The Hall–Kier alpha value is 0.01000. The van der Waals surface area contributed by atoms with E-state index in [2.05, 4.69) is 31.1 Å². The molecule has 1 aliphatic heterocycles. The largest absolute Gasteiger partial charge is 0.307 e. The summed E-state index contributed by atoms with van der Waals surface area (Å²) < 4.78 is 0. The lowest BCUT2D eigenvalue weighted by Gasteiger charge is -2.37. The van der Waals surface area contributed by atoms with Gasteiger partial charge in [0, 0.05) is 18.1 Å². The van der Waals surface area contributed by atoms with Crippen LogP contribution < -0.4 is 5.32 Å². The molecule has 0 amide bonds. The zero-order chi connectivity index (χ0) is 14.9. The second kappa shape index (κ2) is 6.85. The monoisotopic (exact) mass is 334 g/mol. The van der Waals surface area contributed by atoms with Gasteiger partial charge in [-0.3, -0.25) is 0 Å². The Bertz CT molecular complexity index is 478. The molecule has 1 fully saturated rings. The van der Waals surface area contributed by atoms with Gasteiger partial charge in [-0.05, 0) is 51.9 Å². The zero-order valence-electron chi connectivity index (χ0n) is 12.1. The van der Waals surface area contributed by atoms with Gasteiger partial charge in [0.25, 0.3) is 0 Å². The van der Waals surface area contributed by atoms with Crippen LogP contribution in [0.1, 0.15) is 38.3 Å². The van der Waals surface area contributed by atoms with Gasteiger partial charge in [0.2, 0.25) is 0 Å². The molecule has 0 aromatic heterocycles. The highest BCUT2D eigenvalue weighted by Crippen LogP contribution is 2.35. The quantitative estimate of drug-likeness (QED) is 0.800. The zero-order valence-corrected chi connectivity index (χ0v) is 14.4. The van der Waals surface area contributed by atoms with Gasteiger partial charge in [-0.1, -0.05) is 40.9 Å². The lowest BCUT2D eigenvalue weighted by atomic mass is 9.97. The molecule has 2 rings (SSSR count). The van der Waals surface area contributed by atoms with Crippen LogP contribution in [0.3, 0.4) is 0 Å². The molecule has 20 heavy (non-hydrogen) atoms. The van der Waals surface area contributed by atoms with E-state index in [1.165, 1.54) is 0 Å². The molecule has 0 saturated carbocycles. The molecule has 1 saturated heterocycles. The number of nitrogens with zero attached hydrogens (tertiary/aromatic N) is 1. The van der Waals surface area contributed by atoms with Crippen LogP contribution in [-0.4, -0.2) is 30.6 Å². The van der Waals surface area contributed by atoms with Gasteiger partial charge in [-0.15, -0.1) is 0 Å². The van der Waals surface area contributed by atoms with Crippen LogP contribution in [-0.2, 0) is 0 Å². The molecule has 3 atom stereocenters. The number of piperidine rings is 1. The minimum atomic E-state index is 0.165. The first-order valence-electron chi connectivity index (χ1n) is 6.99. The fourth-order valence-corrected chi connectivity index (χ4v) is 3.47. The molecule has 112 valence electrons. The molecule has 0 bridgehead atoms. The summed E-state index contributed by atoms with van der Waals surface area (Å²) in [6.07, 6.45) is 2.31. The number of nitrogens with one attached hydrogen (secondary N) is 1. The first kappa shape index (κ1) is 16.4. The van der Waals surface area contributed by atoms with Gasteiger partial charge in [-0.25, -0.2) is 0 Å². The topological polar surface area (TPSA) is 15.3 Å². The maximum Gasteiger partial charge on any atom is 0.0781 e. The van der Waals surface area contributed by atoms with Crippen molar-refractivity contribution in [1.29, 1.82) is 0 Å². The predicted molar refractivity (Wildman–Crippen MR) is 88.1 cm³/mol. The first-order valence-corrected chi connectivity index (χ1v) is 8.13. The molecule has 1 N–H and O–H groups in total. The summed E-state index contributed by atoms with van der Waals surface area (Å²) in [5.41, 5.74) is 1.01. The Morgan fingerprint density at radius 3 is 2.60 bits per heavy atom. The fraction of sp³-hybridized carbons (Fsp3) is 0.600. The Morgan fingerprint density at radius 1 is 1.25 bits per heavy atom. The molecule has 0 radical (unpaired) electrons. The van der Waals surface area contributed by atoms with Crippen molar-refractivity contribution in [1.82, 2.24) is 10.2 Å². The van der Waals surface area contributed by atoms with Crippen molar-refractivity contribution in [3.63, 3.8) is 0 Å². The molecular formula is C15H21Cl3N2. The Balaban J connectivity index is 2.05. The summed E-state index contributed by atoms with van der Waals surface area (Å²) >= 11 is 18.4. The Kier molecular flexibility index (Phi) is 5.61. The van der Waals surface area contributed by atoms with Gasteiger partial charge in [0.15, 0.2) is 0 Å². The van der Waals surface area contributed by atoms with Crippen LogP contribution in [0, 0.1) is 0 Å². The smallest absolute Gasteiger partial charge is 0.0781 e. The number of rotatable bonds is 3. The maximum absolute atomic E-state index is 6.30. The fourth-order valence-electron chi connectivity index (χ4n) is 2.76. The molecular weight excluding hydrogens is 315 g/mol. The van der Waals surface area contributed by atoms with E-state index in [9.17, 15) is 0 Å². The first-order chi connectivity index (χ1) is 9.40. The normalized spacial score (nSPS) is 25.7. The molecule has 1 aromatic rings. The maximum atomic E-state index is 6.30. The van der Waals surface area contributed by atoms with Crippen LogP contribution in [0.5, 0.6) is 0 Å². The molecule has 1 heterocycles. The summed E-state index contributed by atoms with van der Waals surface area (Å²) in [5.74, 6) is 0. The van der Waals surface area contributed by atoms with Crippen LogP contribution in [0.2, 0.25) is 15.1 Å². The van der Waals surface area contributed by atoms with Crippen molar-refractivity contribution in [2.45, 2.75) is 44.8 Å². The predicted octanol–water partition coefficient (Wildman–Crippen LogP) is 4.78. The number of halogens is 3. The summed E-state index contributed by atoms with van der Waals surface area (Å²) in [7, 11) is 2.18. The van der Waals surface area contributed by atoms with E-state index in [0.717, 1.165) is 24.9 Å². The molecule has 0 aliphatic carbocycles. The Labute approximate surface area is 136 Å². The van der Waals surface area contributed by atoms with Crippen molar-refractivity contribution in [3.8, 4) is 0 Å². The molecule has 2 nitrogen and oxygen atoms in total. The minimum Gasteiger partial charge on any atom is -0.307 e. The third-order valence-corrected chi connectivity index (χ3v) is 5.53. The van der Waals surface area contributed by atoms with Gasteiger partial charge in [0.05, 0.1) is 15.1 Å². The SMILES string of the molecule is CC(NC1CCN(C)C(C)C1)c1ccc(Cl)c(Cl)c1Cl. The summed E-state index contributed by atoms with van der Waals surface area (Å²) in [6.45, 7) is 5.51. The van der Waals surface area contributed by atoms with E-state index in [1.807, 2.05) is 6.07 Å². The van der Waals surface area contributed by atoms with E-state index in [1.54, 1.807) is 6.07 Å². The van der Waals surface area contributed by atoms with Gasteiger partial charge in [0.1, 0.15) is 0 Å². The molecule has 3 unspecified atom stereocenters. The second-order valence-electron chi connectivity index (χ2n) is 5.70. The highest BCUT2D eigenvalue weighted by molar-refractivity contribution is 6.48.